The van der Waals surface area contributed by atoms with Crippen LogP contribution in [0.4, 0.5) is 5.82 Å². The first-order valence-corrected chi connectivity index (χ1v) is 10.6. The lowest BCUT2D eigenvalue weighted by Gasteiger charge is -2.15. The molecule has 4 rings (SSSR count). The third kappa shape index (κ3) is 4.29. The third-order valence-electron chi connectivity index (χ3n) is 5.09. The van der Waals surface area contributed by atoms with Gasteiger partial charge in [0.25, 0.3) is 0 Å². The maximum Gasteiger partial charge on any atom is 0.235 e. The number of anilines is 1. The van der Waals surface area contributed by atoms with Crippen LogP contribution in [0.25, 0.3) is 5.69 Å². The van der Waals surface area contributed by atoms with Crippen LogP contribution in [0.15, 0.2) is 41.7 Å². The number of aryl methyl sites for hydroxylation is 1. The van der Waals surface area contributed by atoms with Gasteiger partial charge >= 0.3 is 0 Å². The van der Waals surface area contributed by atoms with E-state index in [9.17, 15) is 4.79 Å². The molecule has 29 heavy (non-hydrogen) atoms. The third-order valence-corrected chi connectivity index (χ3v) is 6.01. The van der Waals surface area contributed by atoms with Gasteiger partial charge in [-0.15, -0.1) is 10.2 Å². The van der Waals surface area contributed by atoms with E-state index in [4.69, 9.17) is 4.74 Å². The smallest absolute Gasteiger partial charge is 0.235 e. The lowest BCUT2D eigenvalue weighted by molar-refractivity contribution is -0.113. The molecule has 152 valence electrons. The molecule has 1 saturated carbocycles. The van der Waals surface area contributed by atoms with Gasteiger partial charge in [-0.05, 0) is 56.9 Å². The largest absolute Gasteiger partial charge is 0.497 e. The number of hydrogen-bond donors (Lipinski definition) is 1. The van der Waals surface area contributed by atoms with Crippen LogP contribution in [-0.4, -0.2) is 43.3 Å². The summed E-state index contributed by atoms with van der Waals surface area (Å²) in [6.07, 6.45) is 4.18. The quantitative estimate of drug-likeness (QED) is 0.570. The Kier molecular flexibility index (Phi) is 5.57. The van der Waals surface area contributed by atoms with Crippen LogP contribution in [0.5, 0.6) is 5.75 Å². The van der Waals surface area contributed by atoms with Gasteiger partial charge in [-0.2, -0.15) is 5.10 Å². The number of carbonyl (C=O) groups is 1. The lowest BCUT2D eigenvalue weighted by atomic mass is 10.2. The maximum atomic E-state index is 12.5. The zero-order valence-corrected chi connectivity index (χ0v) is 17.5. The standard InChI is InChI=1S/C20H24N6O2S/c1-13(15-4-5-15)26-18(10-11-21-26)22-19(27)12-29-20-24-23-14(2)25(20)16-6-8-17(28-3)9-7-16/h6-11,13,15H,4-5,12H2,1-3H3,(H,22,27). The van der Waals surface area contributed by atoms with Crippen molar-refractivity contribution in [3.63, 3.8) is 0 Å². The summed E-state index contributed by atoms with van der Waals surface area (Å²) in [7, 11) is 1.64. The van der Waals surface area contributed by atoms with E-state index in [-0.39, 0.29) is 11.7 Å². The SMILES string of the molecule is COc1ccc(-n2c(C)nnc2SCC(=O)Nc2ccnn2C(C)C2CC2)cc1. The summed E-state index contributed by atoms with van der Waals surface area (Å²) in [5.41, 5.74) is 0.924. The van der Waals surface area contributed by atoms with Crippen LogP contribution in [0.2, 0.25) is 0 Å². The van der Waals surface area contributed by atoms with Crippen LogP contribution in [0.1, 0.15) is 31.6 Å². The van der Waals surface area contributed by atoms with Gasteiger partial charge in [0.15, 0.2) is 5.16 Å². The number of ether oxygens (including phenoxy) is 1. The van der Waals surface area contributed by atoms with E-state index in [0.717, 1.165) is 23.1 Å². The average molecular weight is 413 g/mol. The monoisotopic (exact) mass is 412 g/mol. The lowest BCUT2D eigenvalue weighted by Crippen LogP contribution is -2.20. The van der Waals surface area contributed by atoms with E-state index in [0.29, 0.717) is 17.1 Å². The van der Waals surface area contributed by atoms with Gasteiger partial charge in [-0.1, -0.05) is 11.8 Å². The molecule has 2 aromatic heterocycles. The molecule has 1 aliphatic rings. The first-order valence-electron chi connectivity index (χ1n) is 9.59. The molecule has 0 aliphatic heterocycles. The fraction of sp³-hybridized carbons (Fsp3) is 0.400. The minimum absolute atomic E-state index is 0.0957. The molecule has 1 amide bonds. The number of methoxy groups -OCH3 is 1. The number of aromatic nitrogens is 5. The molecular formula is C20H24N6O2S. The number of nitrogens with one attached hydrogen (secondary N) is 1. The number of thioether (sulfide) groups is 1. The molecule has 0 saturated heterocycles. The van der Waals surface area contributed by atoms with Crippen molar-refractivity contribution in [1.29, 1.82) is 0 Å². The van der Waals surface area contributed by atoms with Crippen molar-refractivity contribution in [2.75, 3.05) is 18.2 Å². The van der Waals surface area contributed by atoms with Crippen molar-refractivity contribution < 1.29 is 9.53 Å². The van der Waals surface area contributed by atoms with Crippen LogP contribution >= 0.6 is 11.8 Å². The molecule has 1 N–H and O–H groups in total. The number of rotatable bonds is 8. The molecule has 0 spiro atoms. The summed E-state index contributed by atoms with van der Waals surface area (Å²) in [5.74, 6) is 3.08. The number of nitrogens with zero attached hydrogens (tertiary/aromatic N) is 5. The van der Waals surface area contributed by atoms with E-state index < -0.39 is 0 Å². The van der Waals surface area contributed by atoms with Gasteiger partial charge in [-0.25, -0.2) is 4.68 Å². The summed E-state index contributed by atoms with van der Waals surface area (Å²) < 4.78 is 9.05. The number of hydrogen-bond acceptors (Lipinski definition) is 6. The second-order valence-corrected chi connectivity index (χ2v) is 8.08. The summed E-state index contributed by atoms with van der Waals surface area (Å²) in [4.78, 5) is 12.5. The Morgan fingerprint density at radius 2 is 2.03 bits per heavy atom. The first-order chi connectivity index (χ1) is 14.1. The molecule has 1 aromatic carbocycles. The predicted molar refractivity (Wildman–Crippen MR) is 112 cm³/mol. The highest BCUT2D eigenvalue weighted by Gasteiger charge is 2.30. The highest BCUT2D eigenvalue weighted by Crippen LogP contribution is 2.40. The van der Waals surface area contributed by atoms with E-state index in [1.807, 2.05) is 46.5 Å². The van der Waals surface area contributed by atoms with Crippen LogP contribution < -0.4 is 10.1 Å². The van der Waals surface area contributed by atoms with E-state index in [1.54, 1.807) is 13.3 Å². The normalized spacial score (nSPS) is 14.6. The molecule has 0 radical (unpaired) electrons. The number of amides is 1. The van der Waals surface area contributed by atoms with Crippen LogP contribution in [-0.2, 0) is 4.79 Å². The summed E-state index contributed by atoms with van der Waals surface area (Å²) in [5, 5.41) is 16.4. The molecule has 8 nitrogen and oxygen atoms in total. The fourth-order valence-corrected chi connectivity index (χ4v) is 4.09. The molecule has 1 unspecified atom stereocenters. The molecule has 3 aromatic rings. The second kappa shape index (κ2) is 8.28. The van der Waals surface area contributed by atoms with Gasteiger partial charge in [-0.3, -0.25) is 9.36 Å². The molecule has 2 heterocycles. The number of benzene rings is 1. The van der Waals surface area contributed by atoms with Gasteiger partial charge in [0.2, 0.25) is 5.91 Å². The first kappa shape index (κ1) is 19.5. The van der Waals surface area contributed by atoms with Gasteiger partial charge < -0.3 is 10.1 Å². The van der Waals surface area contributed by atoms with Gasteiger partial charge in [0.05, 0.1) is 25.1 Å². The van der Waals surface area contributed by atoms with E-state index in [2.05, 4.69) is 27.5 Å². The summed E-state index contributed by atoms with van der Waals surface area (Å²) in [6.45, 7) is 4.04. The van der Waals surface area contributed by atoms with Crippen molar-refractivity contribution in [1.82, 2.24) is 24.5 Å². The van der Waals surface area contributed by atoms with Crippen LogP contribution in [0, 0.1) is 12.8 Å². The van der Waals surface area contributed by atoms with E-state index >= 15 is 0 Å². The van der Waals surface area contributed by atoms with Crippen molar-refractivity contribution >= 4 is 23.5 Å². The Balaban J connectivity index is 1.42. The minimum Gasteiger partial charge on any atom is -0.497 e. The average Bonchev–Trinajstić information content (AvgIpc) is 3.38. The Hall–Kier alpha value is -2.81. The number of carbonyl (C=O) groups excluding carboxylic acids is 1. The van der Waals surface area contributed by atoms with Gasteiger partial charge in [0, 0.05) is 11.8 Å². The second-order valence-electron chi connectivity index (χ2n) is 7.14. The highest BCUT2D eigenvalue weighted by atomic mass is 32.2. The van der Waals surface area contributed by atoms with Crippen molar-refractivity contribution in [2.45, 2.75) is 37.9 Å². The molecule has 9 heteroatoms. The molecular weight excluding hydrogens is 388 g/mol. The van der Waals surface area contributed by atoms with Gasteiger partial charge in [0.1, 0.15) is 17.4 Å². The molecule has 1 fully saturated rings. The maximum absolute atomic E-state index is 12.5. The highest BCUT2D eigenvalue weighted by molar-refractivity contribution is 7.99. The van der Waals surface area contributed by atoms with Crippen molar-refractivity contribution in [2.24, 2.45) is 5.92 Å². The minimum atomic E-state index is -0.0957. The van der Waals surface area contributed by atoms with Crippen LogP contribution in [0.3, 0.4) is 0 Å². The Morgan fingerprint density at radius 3 is 2.72 bits per heavy atom. The topological polar surface area (TPSA) is 86.9 Å². The molecule has 0 bridgehead atoms. The summed E-state index contributed by atoms with van der Waals surface area (Å²) >= 11 is 1.35. The Bertz CT molecular complexity index is 993. The Labute approximate surface area is 173 Å². The predicted octanol–water partition coefficient (Wildman–Crippen LogP) is 3.48. The molecule has 1 atom stereocenters. The molecule has 1 aliphatic carbocycles. The fourth-order valence-electron chi connectivity index (χ4n) is 3.29. The van der Waals surface area contributed by atoms with E-state index in [1.165, 1.54) is 24.6 Å². The zero-order chi connectivity index (χ0) is 20.4. The Morgan fingerprint density at radius 1 is 1.28 bits per heavy atom. The van der Waals surface area contributed by atoms with Crippen molar-refractivity contribution in [3.8, 4) is 11.4 Å². The zero-order valence-electron chi connectivity index (χ0n) is 16.7. The summed E-state index contributed by atoms with van der Waals surface area (Å²) in [6, 6.07) is 9.80. The van der Waals surface area contributed by atoms with Crippen molar-refractivity contribution in [3.05, 3.63) is 42.4 Å².